The fourth-order valence-corrected chi connectivity index (χ4v) is 0.961. The minimum Gasteiger partial charge on any atom is -0.365 e. The van der Waals surface area contributed by atoms with Crippen molar-refractivity contribution in [3.63, 3.8) is 0 Å². The highest BCUT2D eigenvalue weighted by Crippen LogP contribution is 2.05. The van der Waals surface area contributed by atoms with E-state index in [1.165, 1.54) is 6.33 Å². The first-order chi connectivity index (χ1) is 6.26. The molecule has 0 spiro atoms. The lowest BCUT2D eigenvalue weighted by Crippen LogP contribution is -2.18. The summed E-state index contributed by atoms with van der Waals surface area (Å²) in [5, 5.41) is 2.94. The van der Waals surface area contributed by atoms with Gasteiger partial charge >= 0.3 is 0 Å². The fraction of sp³-hybridized carbons (Fsp3) is 0.556. The number of rotatable bonds is 4. The molecule has 0 saturated heterocycles. The van der Waals surface area contributed by atoms with Crippen LogP contribution in [0.5, 0.6) is 0 Å². The van der Waals surface area contributed by atoms with Gasteiger partial charge in [0.25, 0.3) is 0 Å². The summed E-state index contributed by atoms with van der Waals surface area (Å²) >= 11 is 0. The molecule has 0 fully saturated rings. The molecule has 4 heteroatoms. The van der Waals surface area contributed by atoms with Gasteiger partial charge in [-0.25, -0.2) is 14.4 Å². The molecule has 0 amide bonds. The van der Waals surface area contributed by atoms with E-state index < -0.39 is 6.67 Å². The molecule has 1 atom stereocenters. The third-order valence-corrected chi connectivity index (χ3v) is 1.71. The summed E-state index contributed by atoms with van der Waals surface area (Å²) in [7, 11) is 0. The van der Waals surface area contributed by atoms with Gasteiger partial charge in [-0.1, -0.05) is 6.92 Å². The molecule has 1 heterocycles. The predicted octanol–water partition coefficient (Wildman–Crippen LogP) is 1.81. The summed E-state index contributed by atoms with van der Waals surface area (Å²) in [5.74, 6) is 0.692. The maximum absolute atomic E-state index is 12.1. The zero-order valence-corrected chi connectivity index (χ0v) is 7.92. The monoisotopic (exact) mass is 183 g/mol. The van der Waals surface area contributed by atoms with E-state index in [0.717, 1.165) is 12.1 Å². The molecule has 3 nitrogen and oxygen atoms in total. The Morgan fingerprint density at radius 3 is 2.92 bits per heavy atom. The van der Waals surface area contributed by atoms with Gasteiger partial charge in [0.1, 0.15) is 18.8 Å². The number of halogens is 1. The molecule has 13 heavy (non-hydrogen) atoms. The predicted molar refractivity (Wildman–Crippen MR) is 50.5 cm³/mol. The summed E-state index contributed by atoms with van der Waals surface area (Å²) < 4.78 is 12.1. The highest BCUT2D eigenvalue weighted by molar-refractivity contribution is 5.35. The van der Waals surface area contributed by atoms with Crippen molar-refractivity contribution in [3.05, 3.63) is 18.1 Å². The van der Waals surface area contributed by atoms with Crippen molar-refractivity contribution < 1.29 is 4.39 Å². The van der Waals surface area contributed by atoms with Gasteiger partial charge in [0.15, 0.2) is 0 Å². The first-order valence-corrected chi connectivity index (χ1v) is 4.39. The van der Waals surface area contributed by atoms with Crippen LogP contribution >= 0.6 is 0 Å². The molecule has 1 aromatic heterocycles. The van der Waals surface area contributed by atoms with E-state index in [0.29, 0.717) is 5.82 Å². The number of aryl methyl sites for hydroxylation is 1. The number of hydrogen-bond acceptors (Lipinski definition) is 3. The van der Waals surface area contributed by atoms with Gasteiger partial charge in [-0.15, -0.1) is 0 Å². The third-order valence-electron chi connectivity index (χ3n) is 1.71. The third kappa shape index (κ3) is 2.97. The molecule has 0 radical (unpaired) electrons. The molecule has 1 rings (SSSR count). The number of hydrogen-bond donors (Lipinski definition) is 1. The standard InChI is InChI=1S/C9H14FN3/c1-3-8-4-9(12-6-11-8)13-7(2)5-10/h4,6-7H,3,5H2,1-2H3,(H,11,12,13). The van der Waals surface area contributed by atoms with Gasteiger partial charge in [0.2, 0.25) is 0 Å². The second-order valence-corrected chi connectivity index (χ2v) is 2.95. The highest BCUT2D eigenvalue weighted by Gasteiger charge is 2.02. The van der Waals surface area contributed by atoms with Crippen LogP contribution in [0, 0.1) is 0 Å². The van der Waals surface area contributed by atoms with Crippen molar-refractivity contribution in [2.75, 3.05) is 12.0 Å². The van der Waals surface area contributed by atoms with Crippen LogP contribution in [0.1, 0.15) is 19.5 Å². The Kier molecular flexibility index (Phi) is 3.61. The Balaban J connectivity index is 2.66. The zero-order chi connectivity index (χ0) is 9.68. The van der Waals surface area contributed by atoms with Crippen molar-refractivity contribution >= 4 is 5.82 Å². The smallest absolute Gasteiger partial charge is 0.129 e. The van der Waals surface area contributed by atoms with Crippen LogP contribution in [-0.4, -0.2) is 22.7 Å². The van der Waals surface area contributed by atoms with Crippen molar-refractivity contribution in [2.45, 2.75) is 26.3 Å². The first kappa shape index (κ1) is 9.89. The molecule has 0 aliphatic heterocycles. The lowest BCUT2D eigenvalue weighted by Gasteiger charge is -2.10. The molecule has 0 bridgehead atoms. The van der Waals surface area contributed by atoms with Gasteiger partial charge in [-0.05, 0) is 13.3 Å². The van der Waals surface area contributed by atoms with E-state index in [4.69, 9.17) is 0 Å². The van der Waals surface area contributed by atoms with E-state index in [1.54, 1.807) is 6.92 Å². The fourth-order valence-electron chi connectivity index (χ4n) is 0.961. The minimum absolute atomic E-state index is 0.195. The van der Waals surface area contributed by atoms with Crippen LogP contribution in [0.2, 0.25) is 0 Å². The van der Waals surface area contributed by atoms with Crippen molar-refractivity contribution in [1.29, 1.82) is 0 Å². The van der Waals surface area contributed by atoms with Crippen molar-refractivity contribution in [3.8, 4) is 0 Å². The largest absolute Gasteiger partial charge is 0.365 e. The highest BCUT2D eigenvalue weighted by atomic mass is 19.1. The molecule has 0 aliphatic carbocycles. The molecule has 1 N–H and O–H groups in total. The van der Waals surface area contributed by atoms with Gasteiger partial charge in [0, 0.05) is 11.8 Å². The maximum atomic E-state index is 12.1. The lowest BCUT2D eigenvalue weighted by atomic mass is 10.3. The Morgan fingerprint density at radius 2 is 2.31 bits per heavy atom. The quantitative estimate of drug-likeness (QED) is 0.773. The zero-order valence-electron chi connectivity index (χ0n) is 7.92. The molecule has 1 unspecified atom stereocenters. The topological polar surface area (TPSA) is 37.8 Å². The van der Waals surface area contributed by atoms with Gasteiger partial charge in [-0.3, -0.25) is 0 Å². The Bertz CT molecular complexity index is 265. The average molecular weight is 183 g/mol. The molecular weight excluding hydrogens is 169 g/mol. The second kappa shape index (κ2) is 4.74. The first-order valence-electron chi connectivity index (χ1n) is 4.39. The van der Waals surface area contributed by atoms with Crippen molar-refractivity contribution in [1.82, 2.24) is 9.97 Å². The molecular formula is C9H14FN3. The molecule has 1 aromatic rings. The van der Waals surface area contributed by atoms with Crippen LogP contribution in [0.3, 0.4) is 0 Å². The molecule has 0 saturated carbocycles. The second-order valence-electron chi connectivity index (χ2n) is 2.95. The lowest BCUT2D eigenvalue weighted by molar-refractivity contribution is 0.459. The maximum Gasteiger partial charge on any atom is 0.129 e. The van der Waals surface area contributed by atoms with Gasteiger partial charge in [-0.2, -0.15) is 0 Å². The van der Waals surface area contributed by atoms with Crippen LogP contribution in [0.4, 0.5) is 10.2 Å². The number of aromatic nitrogens is 2. The molecule has 0 aliphatic rings. The normalized spacial score (nSPS) is 12.5. The Hall–Kier alpha value is -1.19. The average Bonchev–Trinajstić information content (AvgIpc) is 2.18. The SMILES string of the molecule is CCc1cc(NC(C)CF)ncn1. The Labute approximate surface area is 77.4 Å². The van der Waals surface area contributed by atoms with E-state index in [2.05, 4.69) is 15.3 Å². The summed E-state index contributed by atoms with van der Waals surface area (Å²) in [6, 6.07) is 1.64. The number of alkyl halides is 1. The number of nitrogens with zero attached hydrogens (tertiary/aromatic N) is 2. The van der Waals surface area contributed by atoms with Crippen LogP contribution in [0.25, 0.3) is 0 Å². The van der Waals surface area contributed by atoms with Crippen LogP contribution in [-0.2, 0) is 6.42 Å². The molecule has 72 valence electrons. The van der Waals surface area contributed by atoms with Crippen LogP contribution in [0.15, 0.2) is 12.4 Å². The van der Waals surface area contributed by atoms with Gasteiger partial charge < -0.3 is 5.32 Å². The summed E-state index contributed by atoms with van der Waals surface area (Å²) in [6.45, 7) is 3.39. The summed E-state index contributed by atoms with van der Waals surface area (Å²) in [5.41, 5.74) is 0.962. The van der Waals surface area contributed by atoms with E-state index in [1.807, 2.05) is 13.0 Å². The molecule has 0 aromatic carbocycles. The van der Waals surface area contributed by atoms with E-state index in [9.17, 15) is 4.39 Å². The summed E-state index contributed by atoms with van der Waals surface area (Å²) in [6.07, 6.45) is 2.35. The van der Waals surface area contributed by atoms with Crippen LogP contribution < -0.4 is 5.32 Å². The number of anilines is 1. The summed E-state index contributed by atoms with van der Waals surface area (Å²) in [4.78, 5) is 8.03. The van der Waals surface area contributed by atoms with E-state index >= 15 is 0 Å². The minimum atomic E-state index is -0.397. The van der Waals surface area contributed by atoms with E-state index in [-0.39, 0.29) is 6.04 Å². The Morgan fingerprint density at radius 1 is 1.54 bits per heavy atom. The van der Waals surface area contributed by atoms with Crippen molar-refractivity contribution in [2.24, 2.45) is 0 Å². The van der Waals surface area contributed by atoms with Gasteiger partial charge in [0.05, 0.1) is 6.04 Å². The number of nitrogens with one attached hydrogen (secondary N) is 1.